The van der Waals surface area contributed by atoms with Crippen molar-refractivity contribution in [3.8, 4) is 0 Å². The predicted molar refractivity (Wildman–Crippen MR) is 145 cm³/mol. The molecule has 3 aromatic rings. The van der Waals surface area contributed by atoms with E-state index in [2.05, 4.69) is 35.6 Å². The van der Waals surface area contributed by atoms with Crippen LogP contribution in [0.3, 0.4) is 0 Å². The van der Waals surface area contributed by atoms with Crippen molar-refractivity contribution in [1.29, 1.82) is 0 Å². The summed E-state index contributed by atoms with van der Waals surface area (Å²) in [4.78, 5) is 36.0. The molecule has 1 aliphatic rings. The van der Waals surface area contributed by atoms with Crippen molar-refractivity contribution in [2.45, 2.75) is 33.4 Å². The third-order valence-corrected chi connectivity index (χ3v) is 7.04. The number of rotatable bonds is 8. The van der Waals surface area contributed by atoms with Gasteiger partial charge in [-0.15, -0.1) is 11.3 Å². The first-order valence-electron chi connectivity index (χ1n) is 11.7. The van der Waals surface area contributed by atoms with E-state index in [9.17, 15) is 13.6 Å². The van der Waals surface area contributed by atoms with Gasteiger partial charge in [0, 0.05) is 28.3 Å². The van der Waals surface area contributed by atoms with E-state index in [1.54, 1.807) is 24.5 Å². The van der Waals surface area contributed by atoms with Gasteiger partial charge in [0.05, 0.1) is 29.9 Å². The molecule has 4 rings (SSSR count). The maximum absolute atomic E-state index is 13.6. The number of amides is 1. The van der Waals surface area contributed by atoms with Gasteiger partial charge in [0.1, 0.15) is 12.2 Å². The average Bonchev–Trinajstić information content (AvgIpc) is 3.39. The number of thiophene rings is 1. The van der Waals surface area contributed by atoms with Gasteiger partial charge in [-0.2, -0.15) is 0 Å². The lowest BCUT2D eigenvalue weighted by molar-refractivity contribution is 0.0935. The van der Waals surface area contributed by atoms with Crippen LogP contribution >= 0.6 is 11.3 Å². The first-order chi connectivity index (χ1) is 18.2. The number of amidine groups is 1. The van der Waals surface area contributed by atoms with Gasteiger partial charge >= 0.3 is 0 Å². The van der Waals surface area contributed by atoms with Crippen molar-refractivity contribution in [3.05, 3.63) is 87.3 Å². The number of hydrogen-bond donors (Lipinski definition) is 3. The van der Waals surface area contributed by atoms with Crippen molar-refractivity contribution in [2.24, 2.45) is 26.6 Å². The van der Waals surface area contributed by atoms with Crippen LogP contribution in [0.5, 0.6) is 0 Å². The Morgan fingerprint density at radius 1 is 1.21 bits per heavy atom. The fourth-order valence-electron chi connectivity index (χ4n) is 3.51. The second-order valence-corrected chi connectivity index (χ2v) is 9.70. The third-order valence-electron chi connectivity index (χ3n) is 5.84. The van der Waals surface area contributed by atoms with Crippen molar-refractivity contribution >= 4 is 40.9 Å². The molecule has 0 spiro atoms. The number of anilines is 1. The second kappa shape index (κ2) is 11.8. The van der Waals surface area contributed by atoms with Crippen molar-refractivity contribution < 1.29 is 13.6 Å². The molecule has 1 aromatic carbocycles. The highest BCUT2D eigenvalue weighted by Gasteiger charge is 2.19. The molecule has 12 heteroatoms. The zero-order valence-corrected chi connectivity index (χ0v) is 21.8. The largest absolute Gasteiger partial charge is 0.387 e. The molecule has 1 unspecified atom stereocenters. The lowest BCUT2D eigenvalue weighted by Crippen LogP contribution is -2.28. The molecule has 196 valence electrons. The van der Waals surface area contributed by atoms with Gasteiger partial charge in [-0.3, -0.25) is 9.79 Å². The number of nitrogens with two attached hydrogens (primary N) is 1. The Bertz CT molecular complexity index is 1460. The molecular formula is C26H26F2N8OS. The summed E-state index contributed by atoms with van der Waals surface area (Å²) in [6.07, 6.45) is 6.01. The number of nitrogens with one attached hydrogen (secondary N) is 2. The first-order valence-corrected chi connectivity index (χ1v) is 12.5. The van der Waals surface area contributed by atoms with E-state index in [0.29, 0.717) is 23.8 Å². The Labute approximate surface area is 222 Å². The topological polar surface area (TPSA) is 130 Å². The maximum Gasteiger partial charge on any atom is 0.274 e. The molecule has 0 fully saturated rings. The Kier molecular flexibility index (Phi) is 8.31. The minimum atomic E-state index is -0.978. The van der Waals surface area contributed by atoms with Crippen LogP contribution in [0, 0.1) is 17.6 Å². The number of halogens is 2. The van der Waals surface area contributed by atoms with Gasteiger partial charge < -0.3 is 16.4 Å². The van der Waals surface area contributed by atoms with Gasteiger partial charge in [0.25, 0.3) is 5.91 Å². The summed E-state index contributed by atoms with van der Waals surface area (Å²) in [6, 6.07) is 6.86. The second-order valence-electron chi connectivity index (χ2n) is 8.53. The SMILES string of the molecule is C/C(=N\C=C1\N=CN=C(N)C1C)c1ccc(CNc2nccnc2C(=O)N[C@@H](C)c2ccc(F)c(F)c2)s1. The van der Waals surface area contributed by atoms with E-state index in [1.165, 1.54) is 24.8 Å². The standard InChI is InChI=1S/C26H26F2N8OS/c1-14-21(34-13-35-24(14)29)12-32-16(3)22-7-5-18(38-22)11-33-25-23(30-8-9-31-25)26(37)36-15(2)17-4-6-19(27)20(28)10-17/h4-10,12-15H,11H2,1-3H3,(H,31,33)(H,36,37)(H2,29,34,35)/b21-12+,32-16+/t14?,15-/m0/s1. The molecule has 38 heavy (non-hydrogen) atoms. The fraction of sp³-hybridized carbons (Fsp3) is 0.231. The Hall–Kier alpha value is -4.32. The summed E-state index contributed by atoms with van der Waals surface area (Å²) in [5.74, 6) is -1.72. The number of hydrogen-bond acceptors (Lipinski definition) is 9. The highest BCUT2D eigenvalue weighted by molar-refractivity contribution is 7.14. The molecule has 0 radical (unpaired) electrons. The lowest BCUT2D eigenvalue weighted by Gasteiger charge is -2.15. The molecule has 2 atom stereocenters. The maximum atomic E-state index is 13.6. The zero-order valence-electron chi connectivity index (χ0n) is 20.9. The van der Waals surface area contributed by atoms with E-state index in [-0.39, 0.29) is 11.6 Å². The number of aliphatic imine (C=N–C) groups is 3. The summed E-state index contributed by atoms with van der Waals surface area (Å²) in [5, 5.41) is 5.90. The smallest absolute Gasteiger partial charge is 0.274 e. The van der Waals surface area contributed by atoms with Crippen molar-refractivity contribution in [3.63, 3.8) is 0 Å². The van der Waals surface area contributed by atoms with Crippen LogP contribution < -0.4 is 16.4 Å². The summed E-state index contributed by atoms with van der Waals surface area (Å²) in [7, 11) is 0. The predicted octanol–water partition coefficient (Wildman–Crippen LogP) is 4.61. The van der Waals surface area contributed by atoms with Gasteiger partial charge in [0.2, 0.25) is 0 Å². The molecule has 0 saturated heterocycles. The summed E-state index contributed by atoms with van der Waals surface area (Å²) >= 11 is 1.55. The van der Waals surface area contributed by atoms with Crippen LogP contribution in [-0.4, -0.2) is 33.8 Å². The highest BCUT2D eigenvalue weighted by atomic mass is 32.1. The number of carbonyl (C=O) groups is 1. The van der Waals surface area contributed by atoms with Gasteiger partial charge in [-0.1, -0.05) is 6.07 Å². The first kappa shape index (κ1) is 26.7. The Balaban J connectivity index is 1.40. The monoisotopic (exact) mass is 536 g/mol. The normalized spacial score (nSPS) is 17.3. The minimum Gasteiger partial charge on any atom is -0.387 e. The molecule has 1 amide bonds. The van der Waals surface area contributed by atoms with E-state index in [4.69, 9.17) is 5.73 Å². The molecule has 0 aliphatic carbocycles. The average molecular weight is 537 g/mol. The fourth-order valence-corrected chi connectivity index (χ4v) is 4.41. The van der Waals surface area contributed by atoms with E-state index in [0.717, 1.165) is 33.3 Å². The van der Waals surface area contributed by atoms with Gasteiger partial charge in [0.15, 0.2) is 23.1 Å². The minimum absolute atomic E-state index is 0.0908. The molecule has 3 heterocycles. The lowest BCUT2D eigenvalue weighted by atomic mass is 10.1. The van der Waals surface area contributed by atoms with Crippen LogP contribution in [0.25, 0.3) is 0 Å². The Morgan fingerprint density at radius 2 is 2.00 bits per heavy atom. The van der Waals surface area contributed by atoms with Gasteiger partial charge in [-0.05, 0) is 50.6 Å². The number of benzene rings is 1. The molecule has 1 aliphatic heterocycles. The van der Waals surface area contributed by atoms with Crippen LogP contribution in [-0.2, 0) is 6.54 Å². The molecule has 0 bridgehead atoms. The zero-order chi connectivity index (χ0) is 27.2. The molecule has 9 nitrogen and oxygen atoms in total. The van der Waals surface area contributed by atoms with Crippen LogP contribution in [0.1, 0.15) is 52.6 Å². The quantitative estimate of drug-likeness (QED) is 0.362. The molecule has 0 saturated carbocycles. The third kappa shape index (κ3) is 6.32. The van der Waals surface area contributed by atoms with Crippen LogP contribution in [0.4, 0.5) is 14.6 Å². The summed E-state index contributed by atoms with van der Waals surface area (Å²) in [6.45, 7) is 5.91. The Morgan fingerprint density at radius 3 is 2.79 bits per heavy atom. The van der Waals surface area contributed by atoms with Crippen LogP contribution in [0.2, 0.25) is 0 Å². The van der Waals surface area contributed by atoms with E-state index >= 15 is 0 Å². The van der Waals surface area contributed by atoms with Crippen molar-refractivity contribution in [1.82, 2.24) is 15.3 Å². The molecular weight excluding hydrogens is 510 g/mol. The number of nitrogens with zero attached hydrogens (tertiary/aromatic N) is 5. The van der Waals surface area contributed by atoms with Gasteiger partial charge in [-0.25, -0.2) is 28.7 Å². The van der Waals surface area contributed by atoms with Crippen LogP contribution in [0.15, 0.2) is 69.6 Å². The van der Waals surface area contributed by atoms with E-state index < -0.39 is 23.6 Å². The number of aromatic nitrogens is 2. The highest BCUT2D eigenvalue weighted by Crippen LogP contribution is 2.22. The van der Waals surface area contributed by atoms with Crippen molar-refractivity contribution in [2.75, 3.05) is 5.32 Å². The van der Waals surface area contributed by atoms with E-state index in [1.807, 2.05) is 26.0 Å². The summed E-state index contributed by atoms with van der Waals surface area (Å²) < 4.78 is 26.8. The summed E-state index contributed by atoms with van der Waals surface area (Å²) in [5.41, 5.74) is 7.94. The number of carbonyl (C=O) groups excluding carboxylic acids is 1. The molecule has 4 N–H and O–H groups in total. The molecule has 2 aromatic heterocycles.